The van der Waals surface area contributed by atoms with Gasteiger partial charge < -0.3 is 0 Å². The molecule has 1 heterocycles. The SMILES string of the molecule is O=C1c2ccccc2C(=O)N1Cc1ccc([N+](=O)[O-])c([N+](=O)[O-])c1. The molecular formula is C15H9N3O6. The molecule has 9 heteroatoms. The molecule has 1 aliphatic heterocycles. The monoisotopic (exact) mass is 327 g/mol. The van der Waals surface area contributed by atoms with E-state index in [1.54, 1.807) is 12.1 Å². The summed E-state index contributed by atoms with van der Waals surface area (Å²) in [5, 5.41) is 21.8. The number of hydrogen-bond donors (Lipinski definition) is 0. The molecule has 0 aliphatic carbocycles. The fourth-order valence-corrected chi connectivity index (χ4v) is 2.53. The molecule has 0 saturated heterocycles. The van der Waals surface area contributed by atoms with E-state index in [1.165, 1.54) is 18.2 Å². The van der Waals surface area contributed by atoms with Crippen LogP contribution in [0, 0.1) is 20.2 Å². The highest BCUT2D eigenvalue weighted by Crippen LogP contribution is 2.30. The van der Waals surface area contributed by atoms with Gasteiger partial charge in [-0.3, -0.25) is 34.7 Å². The number of carbonyl (C=O) groups excluding carboxylic acids is 2. The first kappa shape index (κ1) is 15.3. The summed E-state index contributed by atoms with van der Waals surface area (Å²) in [6.07, 6.45) is 0. The first-order chi connectivity index (χ1) is 11.4. The Hall–Kier alpha value is -3.62. The second-order valence-corrected chi connectivity index (χ2v) is 5.08. The maximum atomic E-state index is 12.3. The van der Waals surface area contributed by atoms with Crippen LogP contribution < -0.4 is 0 Å². The van der Waals surface area contributed by atoms with E-state index < -0.39 is 33.0 Å². The number of fused-ring (bicyclic) bond motifs is 1. The molecule has 0 spiro atoms. The van der Waals surface area contributed by atoms with Crippen molar-refractivity contribution in [2.75, 3.05) is 0 Å². The summed E-state index contributed by atoms with van der Waals surface area (Å²) in [6.45, 7) is -0.203. The highest BCUT2D eigenvalue weighted by Gasteiger charge is 2.35. The smallest absolute Gasteiger partial charge is 0.270 e. The minimum atomic E-state index is -0.871. The van der Waals surface area contributed by atoms with E-state index in [4.69, 9.17) is 0 Å². The van der Waals surface area contributed by atoms with Crippen molar-refractivity contribution in [1.82, 2.24) is 4.90 Å². The van der Waals surface area contributed by atoms with Gasteiger partial charge in [0, 0.05) is 12.1 Å². The van der Waals surface area contributed by atoms with Gasteiger partial charge in [0.25, 0.3) is 11.8 Å². The average Bonchev–Trinajstić information content (AvgIpc) is 2.80. The molecule has 2 aromatic rings. The first-order valence-corrected chi connectivity index (χ1v) is 6.77. The lowest BCUT2D eigenvalue weighted by molar-refractivity contribution is -0.422. The topological polar surface area (TPSA) is 124 Å². The van der Waals surface area contributed by atoms with Crippen LogP contribution in [0.15, 0.2) is 42.5 Å². The number of nitrogens with zero attached hydrogens (tertiary/aromatic N) is 3. The molecule has 0 bridgehead atoms. The van der Waals surface area contributed by atoms with E-state index in [9.17, 15) is 29.8 Å². The minimum absolute atomic E-state index is 0.203. The van der Waals surface area contributed by atoms with Gasteiger partial charge >= 0.3 is 11.4 Å². The number of rotatable bonds is 4. The van der Waals surface area contributed by atoms with Gasteiger partial charge in [0.15, 0.2) is 0 Å². The summed E-state index contributed by atoms with van der Waals surface area (Å²) in [5.41, 5.74) is -0.556. The van der Waals surface area contributed by atoms with E-state index in [0.29, 0.717) is 0 Å². The van der Waals surface area contributed by atoms with Gasteiger partial charge in [-0.2, -0.15) is 0 Å². The second kappa shape index (κ2) is 5.54. The Morgan fingerprint density at radius 2 is 1.38 bits per heavy atom. The van der Waals surface area contributed by atoms with Crippen LogP contribution in [0.25, 0.3) is 0 Å². The van der Waals surface area contributed by atoms with Gasteiger partial charge in [-0.15, -0.1) is 0 Å². The standard InChI is InChI=1S/C15H9N3O6/c19-14-10-3-1-2-4-11(10)15(20)16(14)8-9-5-6-12(17(21)22)13(7-9)18(23)24/h1-7H,8H2. The largest absolute Gasteiger partial charge is 0.346 e. The van der Waals surface area contributed by atoms with Crippen molar-refractivity contribution in [3.8, 4) is 0 Å². The van der Waals surface area contributed by atoms with Crippen molar-refractivity contribution in [3.05, 3.63) is 79.4 Å². The van der Waals surface area contributed by atoms with Crippen molar-refractivity contribution in [2.24, 2.45) is 0 Å². The number of hydrogen-bond acceptors (Lipinski definition) is 6. The quantitative estimate of drug-likeness (QED) is 0.482. The highest BCUT2D eigenvalue weighted by atomic mass is 16.6. The summed E-state index contributed by atoms with van der Waals surface area (Å²) in [7, 11) is 0. The van der Waals surface area contributed by atoms with E-state index >= 15 is 0 Å². The average molecular weight is 327 g/mol. The lowest BCUT2D eigenvalue weighted by Crippen LogP contribution is -2.29. The normalized spacial score (nSPS) is 13.1. The van der Waals surface area contributed by atoms with E-state index in [2.05, 4.69) is 0 Å². The van der Waals surface area contributed by atoms with Gasteiger partial charge in [0.1, 0.15) is 0 Å². The number of nitro groups is 2. The van der Waals surface area contributed by atoms with Crippen molar-refractivity contribution in [3.63, 3.8) is 0 Å². The van der Waals surface area contributed by atoms with Gasteiger partial charge in [-0.05, 0) is 23.8 Å². The van der Waals surface area contributed by atoms with Crippen LogP contribution in [0.3, 0.4) is 0 Å². The third-order valence-electron chi connectivity index (χ3n) is 3.65. The highest BCUT2D eigenvalue weighted by molar-refractivity contribution is 6.21. The zero-order valence-electron chi connectivity index (χ0n) is 12.0. The maximum absolute atomic E-state index is 12.3. The summed E-state index contributed by atoms with van der Waals surface area (Å²) >= 11 is 0. The number of nitro benzene ring substituents is 2. The summed E-state index contributed by atoms with van der Waals surface area (Å²) in [6, 6.07) is 9.58. The molecule has 3 rings (SSSR count). The molecule has 1 aliphatic rings. The van der Waals surface area contributed by atoms with Gasteiger partial charge in [-0.1, -0.05) is 12.1 Å². The molecule has 0 atom stereocenters. The molecule has 0 saturated carbocycles. The van der Waals surface area contributed by atoms with Crippen LogP contribution in [0.4, 0.5) is 11.4 Å². The Kier molecular flexibility index (Phi) is 3.53. The molecule has 24 heavy (non-hydrogen) atoms. The van der Waals surface area contributed by atoms with Gasteiger partial charge in [0.2, 0.25) is 0 Å². The molecule has 0 radical (unpaired) electrons. The maximum Gasteiger partial charge on any atom is 0.346 e. The van der Waals surface area contributed by atoms with E-state index in [-0.39, 0.29) is 23.2 Å². The first-order valence-electron chi connectivity index (χ1n) is 6.77. The molecule has 2 aromatic carbocycles. The third kappa shape index (κ3) is 2.37. The van der Waals surface area contributed by atoms with Crippen LogP contribution in [-0.4, -0.2) is 26.6 Å². The molecule has 120 valence electrons. The molecule has 0 N–H and O–H groups in total. The number of amides is 2. The fraction of sp³-hybridized carbons (Fsp3) is 0.0667. The Morgan fingerprint density at radius 3 is 1.88 bits per heavy atom. The molecule has 0 fully saturated rings. The van der Waals surface area contributed by atoms with Crippen molar-refractivity contribution in [2.45, 2.75) is 6.54 Å². The van der Waals surface area contributed by atoms with Gasteiger partial charge in [0.05, 0.1) is 27.5 Å². The predicted molar refractivity (Wildman–Crippen MR) is 80.4 cm³/mol. The molecule has 2 amide bonds. The zero-order valence-corrected chi connectivity index (χ0v) is 12.0. The molecular weight excluding hydrogens is 318 g/mol. The summed E-state index contributed by atoms with van der Waals surface area (Å²) in [5.74, 6) is -1.01. The minimum Gasteiger partial charge on any atom is -0.270 e. The lowest BCUT2D eigenvalue weighted by Gasteiger charge is -2.13. The fourth-order valence-electron chi connectivity index (χ4n) is 2.53. The Labute approximate surface area is 134 Å². The number of imide groups is 1. The summed E-state index contributed by atoms with van der Waals surface area (Å²) < 4.78 is 0. The zero-order chi connectivity index (χ0) is 17.4. The van der Waals surface area contributed by atoms with Crippen LogP contribution in [0.2, 0.25) is 0 Å². The second-order valence-electron chi connectivity index (χ2n) is 5.08. The van der Waals surface area contributed by atoms with Gasteiger partial charge in [-0.25, -0.2) is 0 Å². The van der Waals surface area contributed by atoms with Crippen molar-refractivity contribution >= 4 is 23.2 Å². The molecule has 0 unspecified atom stereocenters. The molecule has 0 aromatic heterocycles. The predicted octanol–water partition coefficient (Wildman–Crippen LogP) is 2.30. The van der Waals surface area contributed by atoms with Crippen LogP contribution in [0.5, 0.6) is 0 Å². The summed E-state index contributed by atoms with van der Waals surface area (Å²) in [4.78, 5) is 45.6. The lowest BCUT2D eigenvalue weighted by atomic mass is 10.1. The third-order valence-corrected chi connectivity index (χ3v) is 3.65. The van der Waals surface area contributed by atoms with Crippen LogP contribution in [0.1, 0.15) is 26.3 Å². The van der Waals surface area contributed by atoms with E-state index in [1.807, 2.05) is 0 Å². The Morgan fingerprint density at radius 1 is 0.833 bits per heavy atom. The van der Waals surface area contributed by atoms with Crippen LogP contribution >= 0.6 is 0 Å². The Balaban J connectivity index is 1.94. The number of benzene rings is 2. The van der Waals surface area contributed by atoms with Crippen molar-refractivity contribution < 1.29 is 19.4 Å². The Bertz CT molecular complexity index is 873. The van der Waals surface area contributed by atoms with E-state index in [0.717, 1.165) is 17.0 Å². The van der Waals surface area contributed by atoms with Crippen molar-refractivity contribution in [1.29, 1.82) is 0 Å². The van der Waals surface area contributed by atoms with Crippen LogP contribution in [-0.2, 0) is 6.54 Å². The molecule has 9 nitrogen and oxygen atoms in total. The number of carbonyl (C=O) groups is 2.